The molecule has 0 amide bonds. The van der Waals surface area contributed by atoms with Gasteiger partial charge in [0, 0.05) is 6.54 Å². The first-order valence-electron chi connectivity index (χ1n) is 7.03. The third-order valence-electron chi connectivity index (χ3n) is 3.11. The first-order valence-corrected chi connectivity index (χ1v) is 7.03. The van der Waals surface area contributed by atoms with E-state index in [2.05, 4.69) is 35.2 Å². The van der Waals surface area contributed by atoms with Crippen molar-refractivity contribution in [2.24, 2.45) is 11.5 Å². The predicted octanol–water partition coefficient (Wildman–Crippen LogP) is 3.23. The SMILES string of the molecule is Cl.Cl.Cl.NCCCCN(CCCCN)Cc1ccccc1. The maximum Gasteiger partial charge on any atom is 0.0233 e. The first kappa shape index (κ1) is 25.9. The summed E-state index contributed by atoms with van der Waals surface area (Å²) in [5.41, 5.74) is 12.5. The van der Waals surface area contributed by atoms with Gasteiger partial charge in [0.15, 0.2) is 0 Å². The maximum absolute atomic E-state index is 5.55. The summed E-state index contributed by atoms with van der Waals surface area (Å²) in [6.07, 6.45) is 4.60. The van der Waals surface area contributed by atoms with E-state index in [-0.39, 0.29) is 37.2 Å². The summed E-state index contributed by atoms with van der Waals surface area (Å²) < 4.78 is 0. The van der Waals surface area contributed by atoms with Crippen molar-refractivity contribution in [1.82, 2.24) is 4.90 Å². The summed E-state index contributed by atoms with van der Waals surface area (Å²) in [5, 5.41) is 0. The minimum atomic E-state index is 0. The number of hydrogen-bond donors (Lipinski definition) is 2. The van der Waals surface area contributed by atoms with Crippen molar-refractivity contribution in [2.45, 2.75) is 32.2 Å². The Labute approximate surface area is 148 Å². The zero-order valence-electron chi connectivity index (χ0n) is 12.6. The van der Waals surface area contributed by atoms with Crippen LogP contribution in [0.4, 0.5) is 0 Å². The van der Waals surface area contributed by atoms with Crippen LogP contribution in [0.1, 0.15) is 31.2 Å². The molecule has 1 aromatic rings. The highest BCUT2D eigenvalue weighted by atomic mass is 35.5. The molecule has 21 heavy (non-hydrogen) atoms. The Morgan fingerprint density at radius 3 is 1.62 bits per heavy atom. The molecule has 0 saturated heterocycles. The van der Waals surface area contributed by atoms with E-state index in [4.69, 9.17) is 11.5 Å². The number of halogens is 3. The molecule has 3 nitrogen and oxygen atoms in total. The highest BCUT2D eigenvalue weighted by Crippen LogP contribution is 2.07. The van der Waals surface area contributed by atoms with Crippen LogP contribution in [0.2, 0.25) is 0 Å². The van der Waals surface area contributed by atoms with Gasteiger partial charge in [0.2, 0.25) is 0 Å². The molecule has 0 spiro atoms. The lowest BCUT2D eigenvalue weighted by molar-refractivity contribution is 0.255. The molecule has 1 aromatic carbocycles. The van der Waals surface area contributed by atoms with Gasteiger partial charge in [-0.1, -0.05) is 30.3 Å². The number of hydrogen-bond acceptors (Lipinski definition) is 3. The molecule has 0 aromatic heterocycles. The topological polar surface area (TPSA) is 55.3 Å². The Kier molecular flexibility index (Phi) is 22.2. The van der Waals surface area contributed by atoms with Crippen LogP contribution in [0.3, 0.4) is 0 Å². The van der Waals surface area contributed by atoms with Crippen molar-refractivity contribution in [2.75, 3.05) is 26.2 Å². The minimum absolute atomic E-state index is 0. The summed E-state index contributed by atoms with van der Waals surface area (Å²) in [7, 11) is 0. The fourth-order valence-corrected chi connectivity index (χ4v) is 2.07. The fourth-order valence-electron chi connectivity index (χ4n) is 2.07. The average molecular weight is 359 g/mol. The second kappa shape index (κ2) is 18.0. The van der Waals surface area contributed by atoms with Crippen LogP contribution >= 0.6 is 37.2 Å². The molecule has 126 valence electrons. The standard InChI is InChI=1S/C15H27N3.3ClH/c16-10-4-6-12-18(13-7-5-11-17)14-15-8-2-1-3-9-15;;;/h1-3,8-9H,4-7,10-14,16-17H2;3*1H. The molecule has 0 unspecified atom stereocenters. The van der Waals surface area contributed by atoms with E-state index in [9.17, 15) is 0 Å². The lowest BCUT2D eigenvalue weighted by Crippen LogP contribution is -2.26. The number of unbranched alkanes of at least 4 members (excludes halogenated alkanes) is 2. The maximum atomic E-state index is 5.55. The van der Waals surface area contributed by atoms with E-state index >= 15 is 0 Å². The Bertz CT molecular complexity index is 289. The van der Waals surface area contributed by atoms with Gasteiger partial charge in [0.1, 0.15) is 0 Å². The van der Waals surface area contributed by atoms with E-state index < -0.39 is 0 Å². The van der Waals surface area contributed by atoms with Crippen LogP contribution in [0, 0.1) is 0 Å². The Morgan fingerprint density at radius 2 is 1.19 bits per heavy atom. The Hall–Kier alpha value is -0.0300. The van der Waals surface area contributed by atoms with Crippen molar-refractivity contribution in [1.29, 1.82) is 0 Å². The molecule has 0 saturated carbocycles. The molecule has 0 aliphatic carbocycles. The number of benzene rings is 1. The lowest BCUT2D eigenvalue weighted by atomic mass is 10.2. The van der Waals surface area contributed by atoms with Crippen LogP contribution in [0.5, 0.6) is 0 Å². The molecule has 6 heteroatoms. The molecule has 0 radical (unpaired) electrons. The van der Waals surface area contributed by atoms with Crippen molar-refractivity contribution < 1.29 is 0 Å². The van der Waals surface area contributed by atoms with Gasteiger partial charge >= 0.3 is 0 Å². The van der Waals surface area contributed by atoms with Crippen LogP contribution in [0.25, 0.3) is 0 Å². The number of nitrogens with two attached hydrogens (primary N) is 2. The fraction of sp³-hybridized carbons (Fsp3) is 0.600. The molecule has 0 bridgehead atoms. The lowest BCUT2D eigenvalue weighted by Gasteiger charge is -2.22. The number of nitrogens with zero attached hydrogens (tertiary/aromatic N) is 1. The van der Waals surface area contributed by atoms with Crippen LogP contribution in [-0.2, 0) is 6.54 Å². The van der Waals surface area contributed by atoms with E-state index in [1.54, 1.807) is 0 Å². The molecule has 0 heterocycles. The monoisotopic (exact) mass is 357 g/mol. The molecule has 1 rings (SSSR count). The van der Waals surface area contributed by atoms with E-state index in [0.717, 1.165) is 45.6 Å². The second-order valence-electron chi connectivity index (χ2n) is 4.75. The van der Waals surface area contributed by atoms with Gasteiger partial charge in [-0.15, -0.1) is 37.2 Å². The first-order chi connectivity index (χ1) is 8.86. The van der Waals surface area contributed by atoms with Gasteiger partial charge in [0.25, 0.3) is 0 Å². The van der Waals surface area contributed by atoms with Gasteiger partial charge < -0.3 is 11.5 Å². The van der Waals surface area contributed by atoms with Crippen LogP contribution in [0.15, 0.2) is 30.3 Å². The largest absolute Gasteiger partial charge is 0.330 e. The van der Waals surface area contributed by atoms with Gasteiger partial charge in [-0.05, 0) is 57.4 Å². The normalized spacial score (nSPS) is 9.48. The van der Waals surface area contributed by atoms with Crippen LogP contribution < -0.4 is 11.5 Å². The second-order valence-corrected chi connectivity index (χ2v) is 4.75. The summed E-state index contributed by atoms with van der Waals surface area (Å²) in [5.74, 6) is 0. The molecular weight excluding hydrogens is 329 g/mol. The van der Waals surface area contributed by atoms with Gasteiger partial charge in [0.05, 0.1) is 0 Å². The van der Waals surface area contributed by atoms with E-state index in [1.165, 1.54) is 18.4 Å². The summed E-state index contributed by atoms with van der Waals surface area (Å²) >= 11 is 0. The van der Waals surface area contributed by atoms with Crippen molar-refractivity contribution in [3.05, 3.63) is 35.9 Å². The number of rotatable bonds is 10. The molecule has 0 atom stereocenters. The molecule has 0 fully saturated rings. The highest BCUT2D eigenvalue weighted by Gasteiger charge is 2.05. The molecular formula is C15H30Cl3N3. The van der Waals surface area contributed by atoms with E-state index in [1.807, 2.05) is 0 Å². The zero-order valence-corrected chi connectivity index (χ0v) is 15.0. The van der Waals surface area contributed by atoms with E-state index in [0.29, 0.717) is 0 Å². The Balaban J connectivity index is -0.00000108. The average Bonchev–Trinajstić information content (AvgIpc) is 2.40. The predicted molar refractivity (Wildman–Crippen MR) is 100 cm³/mol. The van der Waals surface area contributed by atoms with Crippen molar-refractivity contribution >= 4 is 37.2 Å². The quantitative estimate of drug-likeness (QED) is 0.631. The summed E-state index contributed by atoms with van der Waals surface area (Å²) in [6.45, 7) is 4.90. The molecule has 0 aliphatic heterocycles. The van der Waals surface area contributed by atoms with Gasteiger partial charge in [-0.25, -0.2) is 0 Å². The third kappa shape index (κ3) is 13.4. The smallest absolute Gasteiger partial charge is 0.0233 e. The third-order valence-corrected chi connectivity index (χ3v) is 3.11. The minimum Gasteiger partial charge on any atom is -0.330 e. The van der Waals surface area contributed by atoms with Gasteiger partial charge in [-0.3, -0.25) is 4.90 Å². The summed E-state index contributed by atoms with van der Waals surface area (Å²) in [4.78, 5) is 2.51. The molecule has 0 aliphatic rings. The zero-order chi connectivity index (χ0) is 13.1. The summed E-state index contributed by atoms with van der Waals surface area (Å²) in [6, 6.07) is 10.7. The van der Waals surface area contributed by atoms with Crippen molar-refractivity contribution in [3.8, 4) is 0 Å². The Morgan fingerprint density at radius 1 is 0.714 bits per heavy atom. The highest BCUT2D eigenvalue weighted by molar-refractivity contribution is 5.86. The van der Waals surface area contributed by atoms with Crippen molar-refractivity contribution in [3.63, 3.8) is 0 Å². The van der Waals surface area contributed by atoms with Gasteiger partial charge in [-0.2, -0.15) is 0 Å². The molecule has 4 N–H and O–H groups in total. The van der Waals surface area contributed by atoms with Crippen LogP contribution in [-0.4, -0.2) is 31.1 Å².